The van der Waals surface area contributed by atoms with Gasteiger partial charge in [-0.2, -0.15) is 0 Å². The highest BCUT2D eigenvalue weighted by Gasteiger charge is 2.23. The van der Waals surface area contributed by atoms with Crippen LogP contribution >= 0.6 is 7.82 Å². The maximum Gasteiger partial charge on any atom is 0.268 e. The minimum atomic E-state index is -4.63. The molecule has 0 aliphatic carbocycles. The second-order valence-corrected chi connectivity index (χ2v) is 18.5. The molecule has 3 unspecified atom stereocenters. The van der Waals surface area contributed by atoms with Gasteiger partial charge in [0.25, 0.3) is 7.82 Å². The predicted octanol–water partition coefficient (Wildman–Crippen LogP) is 13.9. The third kappa shape index (κ3) is 48.1. The minimum Gasteiger partial charge on any atom is -0.756 e. The number of aliphatic hydroxyl groups is 1. The van der Waals surface area contributed by atoms with Crippen molar-refractivity contribution in [1.82, 2.24) is 5.32 Å². The number of aliphatic hydroxyl groups excluding tert-OH is 1. The van der Waals surface area contributed by atoms with Crippen molar-refractivity contribution in [3.63, 3.8) is 0 Å². The van der Waals surface area contributed by atoms with E-state index in [1.165, 1.54) is 25.7 Å². The molecule has 65 heavy (non-hydrogen) atoms. The second kappa shape index (κ2) is 45.5. The minimum absolute atomic E-state index is 0.0291. The third-order valence-electron chi connectivity index (χ3n) is 9.76. The third-order valence-corrected chi connectivity index (χ3v) is 10.7. The lowest BCUT2D eigenvalue weighted by molar-refractivity contribution is -0.870. The molecule has 366 valence electrons. The summed E-state index contributed by atoms with van der Waals surface area (Å²) < 4.78 is 23.2. The molecule has 0 aromatic carbocycles. The largest absolute Gasteiger partial charge is 0.756 e. The molecular weight excluding hydrogens is 828 g/mol. The molecule has 9 heteroatoms. The van der Waals surface area contributed by atoms with Crippen LogP contribution in [0.25, 0.3) is 0 Å². The molecule has 0 aromatic rings. The molecule has 3 atom stereocenters. The molecule has 2 N–H and O–H groups in total. The zero-order chi connectivity index (χ0) is 47.8. The van der Waals surface area contributed by atoms with Crippen molar-refractivity contribution < 1.29 is 32.9 Å². The molecule has 0 aliphatic heterocycles. The Kier molecular flexibility index (Phi) is 43.0. The Morgan fingerprint density at radius 2 is 0.954 bits per heavy atom. The van der Waals surface area contributed by atoms with Gasteiger partial charge in [0.1, 0.15) is 13.2 Å². The number of phosphoric ester groups is 1. The van der Waals surface area contributed by atoms with E-state index in [2.05, 4.69) is 153 Å². The van der Waals surface area contributed by atoms with Gasteiger partial charge in [0.15, 0.2) is 0 Å². The number of amides is 1. The summed E-state index contributed by atoms with van der Waals surface area (Å²) in [4.78, 5) is 25.3. The van der Waals surface area contributed by atoms with E-state index in [1.54, 1.807) is 6.08 Å². The average Bonchev–Trinajstić information content (AvgIpc) is 3.26. The van der Waals surface area contributed by atoms with Gasteiger partial charge in [0, 0.05) is 6.42 Å². The standard InChI is InChI=1S/C56H91N2O6P/c1-6-8-10-12-14-16-18-20-22-23-24-25-26-27-28-29-30-31-32-33-34-35-36-38-40-42-44-46-48-50-56(60)57-54(53-64-65(61,62)63-52-51-58(3,4)5)55(59)49-47-45-43-41-39-37-21-19-17-15-13-11-9-7-2/h8,10,14,16-17,19-20,22,24-25,27-28,30-31,33-34,36,38-39,41-42,44,47,49,54-55,59H,6-7,9,11-13,15,18,21,23,26,29,32,35,37,40,43,45-46,48,50-53H2,1-5H3,(H-,57,60,61,62)/b10-8-,16-14-,19-17+,22-20-,25-24-,28-27-,31-30-,34-33-,38-36-,41-39+,44-42-,49-47+. The Morgan fingerprint density at radius 1 is 0.554 bits per heavy atom. The first-order chi connectivity index (χ1) is 31.5. The van der Waals surface area contributed by atoms with Crippen LogP contribution in [-0.4, -0.2) is 68.5 Å². The molecule has 1 amide bonds. The van der Waals surface area contributed by atoms with E-state index in [0.717, 1.165) is 89.9 Å². The summed E-state index contributed by atoms with van der Waals surface area (Å²) in [6, 6.07) is -0.951. The highest BCUT2D eigenvalue weighted by molar-refractivity contribution is 7.45. The summed E-state index contributed by atoms with van der Waals surface area (Å²) in [6.07, 6.45) is 70.6. The number of nitrogens with zero attached hydrogens (tertiary/aromatic N) is 1. The second-order valence-electron chi connectivity index (χ2n) is 17.1. The van der Waals surface area contributed by atoms with Gasteiger partial charge in [0.05, 0.1) is 39.9 Å². The fourth-order valence-electron chi connectivity index (χ4n) is 5.89. The SMILES string of the molecule is CC/C=C\C/C=C\C/C=C\C/C=C\C/C=C\C/C=C\C/C=C\C/C=C\C/C=C\CCCC(=O)NC(COP(=O)([O-])OCC[N+](C)(C)C)C(O)/C=C/CC/C=C/CC/C=C/CCCCCC. The number of hydrogen-bond acceptors (Lipinski definition) is 6. The summed E-state index contributed by atoms with van der Waals surface area (Å²) in [5, 5.41) is 13.7. The smallest absolute Gasteiger partial charge is 0.268 e. The van der Waals surface area contributed by atoms with Crippen LogP contribution in [0.3, 0.4) is 0 Å². The predicted molar refractivity (Wildman–Crippen MR) is 278 cm³/mol. The number of hydrogen-bond donors (Lipinski definition) is 2. The Hall–Kier alpha value is -3.62. The summed E-state index contributed by atoms with van der Waals surface area (Å²) in [5.74, 6) is -0.278. The molecule has 0 bridgehead atoms. The van der Waals surface area contributed by atoms with Gasteiger partial charge >= 0.3 is 0 Å². The number of carbonyl (C=O) groups excluding carboxylic acids is 1. The van der Waals surface area contributed by atoms with Crippen molar-refractivity contribution >= 4 is 13.7 Å². The van der Waals surface area contributed by atoms with Crippen molar-refractivity contribution in [3.05, 3.63) is 146 Å². The Labute approximate surface area is 398 Å². The quantitative estimate of drug-likeness (QED) is 0.0273. The number of quaternary nitrogens is 1. The normalized spacial score (nSPS) is 15.4. The fourth-order valence-corrected chi connectivity index (χ4v) is 6.61. The van der Waals surface area contributed by atoms with E-state index >= 15 is 0 Å². The van der Waals surface area contributed by atoms with E-state index < -0.39 is 26.6 Å². The molecule has 0 spiro atoms. The number of nitrogens with one attached hydrogen (secondary N) is 1. The number of carbonyl (C=O) groups is 1. The molecule has 0 saturated heterocycles. The number of rotatable bonds is 42. The number of phosphoric acid groups is 1. The van der Waals surface area contributed by atoms with E-state index in [0.29, 0.717) is 23.9 Å². The van der Waals surface area contributed by atoms with Crippen molar-refractivity contribution in [2.45, 2.75) is 161 Å². The molecule has 0 saturated carbocycles. The zero-order valence-corrected chi connectivity index (χ0v) is 42.3. The van der Waals surface area contributed by atoms with Crippen molar-refractivity contribution in [2.75, 3.05) is 40.9 Å². The first kappa shape index (κ1) is 61.4. The van der Waals surface area contributed by atoms with Crippen LogP contribution in [0.15, 0.2) is 146 Å². The Balaban J connectivity index is 4.49. The van der Waals surface area contributed by atoms with Gasteiger partial charge in [-0.05, 0) is 109 Å². The van der Waals surface area contributed by atoms with Crippen LogP contribution in [0.4, 0.5) is 0 Å². The number of likely N-dealkylation sites (N-methyl/N-ethyl adjacent to an activating group) is 1. The van der Waals surface area contributed by atoms with Crippen LogP contribution in [0.2, 0.25) is 0 Å². The first-order valence-electron chi connectivity index (χ1n) is 24.7. The van der Waals surface area contributed by atoms with E-state index in [9.17, 15) is 19.4 Å². The lowest BCUT2D eigenvalue weighted by Crippen LogP contribution is -2.45. The number of allylic oxidation sites excluding steroid dienone is 23. The van der Waals surface area contributed by atoms with Crippen molar-refractivity contribution in [2.24, 2.45) is 0 Å². The van der Waals surface area contributed by atoms with Crippen LogP contribution < -0.4 is 10.2 Å². The molecular formula is C56H91N2O6P. The molecule has 0 aromatic heterocycles. The first-order valence-corrected chi connectivity index (χ1v) is 26.2. The van der Waals surface area contributed by atoms with Gasteiger partial charge in [-0.15, -0.1) is 0 Å². The van der Waals surface area contributed by atoms with Crippen molar-refractivity contribution in [3.8, 4) is 0 Å². The highest BCUT2D eigenvalue weighted by atomic mass is 31.2. The van der Waals surface area contributed by atoms with E-state index in [4.69, 9.17) is 9.05 Å². The van der Waals surface area contributed by atoms with Crippen molar-refractivity contribution in [1.29, 1.82) is 0 Å². The summed E-state index contributed by atoms with van der Waals surface area (Å²) in [7, 11) is 1.17. The van der Waals surface area contributed by atoms with Gasteiger partial charge in [-0.1, -0.05) is 179 Å². The lowest BCUT2D eigenvalue weighted by Gasteiger charge is -2.29. The topological polar surface area (TPSA) is 108 Å². The Morgan fingerprint density at radius 3 is 1.40 bits per heavy atom. The molecule has 0 rings (SSSR count). The highest BCUT2D eigenvalue weighted by Crippen LogP contribution is 2.38. The fraction of sp³-hybridized carbons (Fsp3) is 0.554. The molecule has 0 fully saturated rings. The molecule has 0 heterocycles. The monoisotopic (exact) mass is 919 g/mol. The van der Waals surface area contributed by atoms with E-state index in [1.807, 2.05) is 27.2 Å². The average molecular weight is 919 g/mol. The molecule has 0 radical (unpaired) electrons. The van der Waals surface area contributed by atoms with Gasteiger partial charge in [0.2, 0.25) is 5.91 Å². The summed E-state index contributed by atoms with van der Waals surface area (Å²) in [5.41, 5.74) is 0. The van der Waals surface area contributed by atoms with Gasteiger partial charge in [-0.25, -0.2) is 0 Å². The van der Waals surface area contributed by atoms with Crippen LogP contribution in [-0.2, 0) is 18.4 Å². The van der Waals surface area contributed by atoms with Crippen LogP contribution in [0.5, 0.6) is 0 Å². The molecule has 8 nitrogen and oxygen atoms in total. The lowest BCUT2D eigenvalue weighted by atomic mass is 10.1. The summed E-state index contributed by atoms with van der Waals surface area (Å²) in [6.45, 7) is 4.39. The maximum absolute atomic E-state index is 12.9. The molecule has 0 aliphatic rings. The maximum atomic E-state index is 12.9. The summed E-state index contributed by atoms with van der Waals surface area (Å²) >= 11 is 0. The van der Waals surface area contributed by atoms with Gasteiger partial charge < -0.3 is 28.8 Å². The number of unbranched alkanes of at least 4 members (excludes halogenated alkanes) is 7. The van der Waals surface area contributed by atoms with Crippen LogP contribution in [0.1, 0.15) is 149 Å². The van der Waals surface area contributed by atoms with Crippen LogP contribution in [0, 0.1) is 0 Å². The Bertz CT molecular complexity index is 1560. The zero-order valence-electron chi connectivity index (χ0n) is 41.4. The van der Waals surface area contributed by atoms with Gasteiger partial charge in [-0.3, -0.25) is 9.36 Å². The van der Waals surface area contributed by atoms with E-state index in [-0.39, 0.29) is 18.9 Å².